The molecule has 2 aromatic heterocycles. The Kier molecular flexibility index (Phi) is 4.75. The number of aromatic nitrogens is 3. The summed E-state index contributed by atoms with van der Waals surface area (Å²) in [7, 11) is 0. The number of anilines is 1. The zero-order chi connectivity index (χ0) is 19.7. The highest BCUT2D eigenvalue weighted by atomic mass is 32.1. The standard InChI is InChI=1S/C21H18N4O2S/c1-13(2)25-20(27)16-11-7-6-10-15(16)18(24-25)19(26)23-21-22-17(12-28-21)14-8-4-3-5-9-14/h3-13H,1-2H3,(H,22,23,26). The number of amides is 1. The molecule has 0 saturated carbocycles. The molecule has 0 atom stereocenters. The van der Waals surface area contributed by atoms with Crippen molar-refractivity contribution >= 4 is 33.1 Å². The van der Waals surface area contributed by atoms with Gasteiger partial charge in [0.15, 0.2) is 10.8 Å². The molecule has 4 aromatic rings. The minimum atomic E-state index is -0.389. The Labute approximate surface area is 165 Å². The molecular formula is C21H18N4O2S. The summed E-state index contributed by atoms with van der Waals surface area (Å²) < 4.78 is 1.34. The number of carbonyl (C=O) groups is 1. The first-order chi connectivity index (χ1) is 13.5. The molecule has 7 heteroatoms. The zero-order valence-corrected chi connectivity index (χ0v) is 16.2. The van der Waals surface area contributed by atoms with Gasteiger partial charge in [0.25, 0.3) is 11.5 Å². The maximum Gasteiger partial charge on any atom is 0.278 e. The Hall–Kier alpha value is -3.32. The summed E-state index contributed by atoms with van der Waals surface area (Å²) in [6.45, 7) is 3.72. The molecule has 1 N–H and O–H groups in total. The highest BCUT2D eigenvalue weighted by Crippen LogP contribution is 2.25. The van der Waals surface area contributed by atoms with E-state index < -0.39 is 0 Å². The minimum absolute atomic E-state index is 0.159. The molecule has 0 fully saturated rings. The molecule has 0 radical (unpaired) electrons. The first-order valence-corrected chi connectivity index (χ1v) is 9.76. The van der Waals surface area contributed by atoms with Crippen LogP contribution in [0.25, 0.3) is 22.0 Å². The fraction of sp³-hybridized carbons (Fsp3) is 0.143. The maximum atomic E-state index is 12.9. The van der Waals surface area contributed by atoms with E-state index in [0.29, 0.717) is 15.9 Å². The second kappa shape index (κ2) is 7.36. The van der Waals surface area contributed by atoms with Crippen LogP contribution in [0.4, 0.5) is 5.13 Å². The van der Waals surface area contributed by atoms with E-state index in [2.05, 4.69) is 15.4 Å². The minimum Gasteiger partial charge on any atom is -0.296 e. The molecule has 1 amide bonds. The lowest BCUT2D eigenvalue weighted by Crippen LogP contribution is -2.28. The van der Waals surface area contributed by atoms with Crippen molar-refractivity contribution < 1.29 is 4.79 Å². The third-order valence-corrected chi connectivity index (χ3v) is 5.08. The average Bonchev–Trinajstić information content (AvgIpc) is 3.17. The molecule has 140 valence electrons. The number of benzene rings is 2. The molecule has 0 aliphatic carbocycles. The summed E-state index contributed by atoms with van der Waals surface area (Å²) in [5.74, 6) is -0.389. The Bertz CT molecular complexity index is 1210. The van der Waals surface area contributed by atoms with Crippen LogP contribution in [-0.4, -0.2) is 20.7 Å². The van der Waals surface area contributed by atoms with E-state index in [1.807, 2.05) is 49.6 Å². The highest BCUT2D eigenvalue weighted by Gasteiger charge is 2.19. The van der Waals surface area contributed by atoms with Gasteiger partial charge >= 0.3 is 0 Å². The monoisotopic (exact) mass is 390 g/mol. The van der Waals surface area contributed by atoms with Crippen LogP contribution in [-0.2, 0) is 0 Å². The lowest BCUT2D eigenvalue weighted by atomic mass is 10.1. The first kappa shape index (κ1) is 18.1. The van der Waals surface area contributed by atoms with Gasteiger partial charge in [0, 0.05) is 16.3 Å². The van der Waals surface area contributed by atoms with Crippen LogP contribution in [0.15, 0.2) is 64.8 Å². The van der Waals surface area contributed by atoms with Crippen molar-refractivity contribution in [1.29, 1.82) is 0 Å². The van der Waals surface area contributed by atoms with Gasteiger partial charge in [-0.1, -0.05) is 48.5 Å². The van der Waals surface area contributed by atoms with E-state index in [1.165, 1.54) is 16.0 Å². The van der Waals surface area contributed by atoms with Crippen molar-refractivity contribution in [2.45, 2.75) is 19.9 Å². The SMILES string of the molecule is CC(C)n1nc(C(=O)Nc2nc(-c3ccccc3)cs2)c2ccccc2c1=O. The van der Waals surface area contributed by atoms with E-state index in [0.717, 1.165) is 11.3 Å². The molecule has 28 heavy (non-hydrogen) atoms. The van der Waals surface area contributed by atoms with Gasteiger partial charge < -0.3 is 0 Å². The number of fused-ring (bicyclic) bond motifs is 1. The molecule has 4 rings (SSSR count). The number of hydrogen-bond donors (Lipinski definition) is 1. The summed E-state index contributed by atoms with van der Waals surface area (Å²) in [5, 5.41) is 10.5. The van der Waals surface area contributed by atoms with Crippen LogP contribution in [0.1, 0.15) is 30.4 Å². The number of thiazole rings is 1. The Morgan fingerprint density at radius 2 is 1.71 bits per heavy atom. The number of rotatable bonds is 4. The molecule has 0 saturated heterocycles. The van der Waals surface area contributed by atoms with E-state index in [9.17, 15) is 9.59 Å². The second-order valence-electron chi connectivity index (χ2n) is 6.60. The third-order valence-electron chi connectivity index (χ3n) is 4.33. The molecular weight excluding hydrogens is 372 g/mol. The molecule has 0 aliphatic heterocycles. The van der Waals surface area contributed by atoms with Gasteiger partial charge in [-0.25, -0.2) is 9.67 Å². The maximum absolute atomic E-state index is 12.9. The van der Waals surface area contributed by atoms with Crippen molar-refractivity contribution in [3.63, 3.8) is 0 Å². The summed E-state index contributed by atoms with van der Waals surface area (Å²) in [5.41, 5.74) is 1.78. The lowest BCUT2D eigenvalue weighted by Gasteiger charge is -2.12. The Morgan fingerprint density at radius 3 is 2.43 bits per heavy atom. The average molecular weight is 390 g/mol. The van der Waals surface area contributed by atoms with Crippen molar-refractivity contribution in [2.75, 3.05) is 5.32 Å². The number of hydrogen-bond acceptors (Lipinski definition) is 5. The predicted molar refractivity (Wildman–Crippen MR) is 112 cm³/mol. The fourth-order valence-corrected chi connectivity index (χ4v) is 3.67. The van der Waals surface area contributed by atoms with Crippen LogP contribution in [0.5, 0.6) is 0 Å². The molecule has 2 heterocycles. The topological polar surface area (TPSA) is 76.9 Å². The van der Waals surface area contributed by atoms with E-state index in [1.54, 1.807) is 24.3 Å². The lowest BCUT2D eigenvalue weighted by molar-refractivity contribution is 0.102. The molecule has 2 aromatic carbocycles. The van der Waals surface area contributed by atoms with Crippen LogP contribution in [0, 0.1) is 0 Å². The van der Waals surface area contributed by atoms with Crippen molar-refractivity contribution in [2.24, 2.45) is 0 Å². The van der Waals surface area contributed by atoms with Crippen molar-refractivity contribution in [3.8, 4) is 11.3 Å². The van der Waals surface area contributed by atoms with Gasteiger partial charge in [-0.2, -0.15) is 5.10 Å². The zero-order valence-electron chi connectivity index (χ0n) is 15.4. The summed E-state index contributed by atoms with van der Waals surface area (Å²) in [6.07, 6.45) is 0. The van der Waals surface area contributed by atoms with Crippen LogP contribution in [0.3, 0.4) is 0 Å². The van der Waals surface area contributed by atoms with E-state index in [4.69, 9.17) is 0 Å². The number of carbonyl (C=O) groups excluding carboxylic acids is 1. The predicted octanol–water partition coefficient (Wildman–Crippen LogP) is 4.35. The van der Waals surface area contributed by atoms with Crippen molar-refractivity contribution in [1.82, 2.24) is 14.8 Å². The Balaban J connectivity index is 1.71. The smallest absolute Gasteiger partial charge is 0.278 e. The number of nitrogens with zero attached hydrogens (tertiary/aromatic N) is 3. The van der Waals surface area contributed by atoms with Gasteiger partial charge in [-0.05, 0) is 19.9 Å². The van der Waals surface area contributed by atoms with Crippen LogP contribution < -0.4 is 10.9 Å². The largest absolute Gasteiger partial charge is 0.296 e. The molecule has 0 aliphatic rings. The van der Waals surface area contributed by atoms with Crippen molar-refractivity contribution in [3.05, 3.63) is 76.0 Å². The van der Waals surface area contributed by atoms with Gasteiger partial charge in [-0.15, -0.1) is 11.3 Å². The quantitative estimate of drug-likeness (QED) is 0.562. The van der Waals surface area contributed by atoms with E-state index >= 15 is 0 Å². The molecule has 0 unspecified atom stereocenters. The third kappa shape index (κ3) is 3.32. The van der Waals surface area contributed by atoms with Crippen LogP contribution >= 0.6 is 11.3 Å². The van der Waals surface area contributed by atoms with Gasteiger partial charge in [0.05, 0.1) is 17.1 Å². The first-order valence-electron chi connectivity index (χ1n) is 8.88. The molecule has 0 spiro atoms. The second-order valence-corrected chi connectivity index (χ2v) is 7.45. The van der Waals surface area contributed by atoms with Gasteiger partial charge in [0.2, 0.25) is 0 Å². The Morgan fingerprint density at radius 1 is 1.04 bits per heavy atom. The molecule has 0 bridgehead atoms. The summed E-state index contributed by atoms with van der Waals surface area (Å²) in [6, 6.07) is 16.6. The fourth-order valence-electron chi connectivity index (χ4n) is 2.95. The molecule has 6 nitrogen and oxygen atoms in total. The summed E-state index contributed by atoms with van der Waals surface area (Å²) >= 11 is 1.35. The normalized spacial score (nSPS) is 11.1. The summed E-state index contributed by atoms with van der Waals surface area (Å²) in [4.78, 5) is 30.1. The van der Waals surface area contributed by atoms with Gasteiger partial charge in [-0.3, -0.25) is 14.9 Å². The van der Waals surface area contributed by atoms with E-state index in [-0.39, 0.29) is 23.2 Å². The van der Waals surface area contributed by atoms with Gasteiger partial charge in [0.1, 0.15) is 0 Å². The highest BCUT2D eigenvalue weighted by molar-refractivity contribution is 7.14. The number of nitrogens with one attached hydrogen (secondary N) is 1. The van der Waals surface area contributed by atoms with Crippen LogP contribution in [0.2, 0.25) is 0 Å².